The molecule has 0 bridgehead atoms. The predicted molar refractivity (Wildman–Crippen MR) is 82.2 cm³/mol. The van der Waals surface area contributed by atoms with E-state index in [1.54, 1.807) is 0 Å². The fourth-order valence-corrected chi connectivity index (χ4v) is 3.15. The summed E-state index contributed by atoms with van der Waals surface area (Å²) < 4.78 is 0. The van der Waals surface area contributed by atoms with Gasteiger partial charge in [0.05, 0.1) is 0 Å². The van der Waals surface area contributed by atoms with E-state index in [1.165, 1.54) is 48.6 Å². The molecule has 0 amide bonds. The van der Waals surface area contributed by atoms with E-state index < -0.39 is 0 Å². The van der Waals surface area contributed by atoms with Gasteiger partial charge < -0.3 is 5.32 Å². The van der Waals surface area contributed by atoms with E-state index in [0.29, 0.717) is 5.41 Å². The standard InChI is InChI=1S/C18H23N/c1-2-18(10-5-11-18)14-19-13-15-8-9-16-6-3-4-7-17(16)12-15/h3-4,6-9,12,19H,2,5,10-11,13-14H2,1H3. The number of benzene rings is 2. The molecule has 1 nitrogen and oxygen atoms in total. The first-order valence-electron chi connectivity index (χ1n) is 7.50. The Kier molecular flexibility index (Phi) is 3.56. The number of hydrogen-bond donors (Lipinski definition) is 1. The third-order valence-corrected chi connectivity index (χ3v) is 4.81. The molecule has 19 heavy (non-hydrogen) atoms. The molecule has 1 heteroatoms. The van der Waals surface area contributed by atoms with Gasteiger partial charge in [-0.15, -0.1) is 0 Å². The lowest BCUT2D eigenvalue weighted by Crippen LogP contribution is -2.39. The highest BCUT2D eigenvalue weighted by Crippen LogP contribution is 2.43. The summed E-state index contributed by atoms with van der Waals surface area (Å²) in [4.78, 5) is 0. The Bertz CT molecular complexity index is 549. The fraction of sp³-hybridized carbons (Fsp3) is 0.444. The molecular formula is C18H23N. The molecule has 1 fully saturated rings. The van der Waals surface area contributed by atoms with Crippen LogP contribution in [-0.2, 0) is 6.54 Å². The van der Waals surface area contributed by atoms with E-state index in [1.807, 2.05) is 0 Å². The molecule has 1 aliphatic carbocycles. The maximum absolute atomic E-state index is 3.66. The van der Waals surface area contributed by atoms with Crippen LogP contribution in [0.2, 0.25) is 0 Å². The van der Waals surface area contributed by atoms with Crippen molar-refractivity contribution in [2.45, 2.75) is 39.2 Å². The van der Waals surface area contributed by atoms with Crippen molar-refractivity contribution in [1.29, 1.82) is 0 Å². The lowest BCUT2D eigenvalue weighted by molar-refractivity contribution is 0.124. The average molecular weight is 253 g/mol. The molecule has 0 saturated heterocycles. The molecule has 0 unspecified atom stereocenters. The van der Waals surface area contributed by atoms with Gasteiger partial charge in [-0.3, -0.25) is 0 Å². The normalized spacial score (nSPS) is 17.3. The van der Waals surface area contributed by atoms with Crippen molar-refractivity contribution in [3.63, 3.8) is 0 Å². The van der Waals surface area contributed by atoms with Gasteiger partial charge in [0.1, 0.15) is 0 Å². The fourth-order valence-electron chi connectivity index (χ4n) is 3.15. The molecule has 100 valence electrons. The molecule has 1 N–H and O–H groups in total. The zero-order chi connectivity index (χ0) is 13.1. The zero-order valence-electron chi connectivity index (χ0n) is 11.8. The predicted octanol–water partition coefficient (Wildman–Crippen LogP) is 4.51. The molecule has 0 aliphatic heterocycles. The first-order chi connectivity index (χ1) is 9.31. The molecule has 0 aromatic heterocycles. The molecule has 3 rings (SSSR count). The first-order valence-corrected chi connectivity index (χ1v) is 7.50. The van der Waals surface area contributed by atoms with Crippen LogP contribution in [-0.4, -0.2) is 6.54 Å². The van der Waals surface area contributed by atoms with Crippen molar-refractivity contribution in [2.75, 3.05) is 6.54 Å². The summed E-state index contributed by atoms with van der Waals surface area (Å²) in [7, 11) is 0. The Hall–Kier alpha value is -1.34. The van der Waals surface area contributed by atoms with Crippen LogP contribution in [0, 0.1) is 5.41 Å². The third-order valence-electron chi connectivity index (χ3n) is 4.81. The van der Waals surface area contributed by atoms with Gasteiger partial charge in [-0.25, -0.2) is 0 Å². The molecule has 0 spiro atoms. The van der Waals surface area contributed by atoms with Gasteiger partial charge in [-0.1, -0.05) is 49.7 Å². The van der Waals surface area contributed by atoms with Gasteiger partial charge in [0.2, 0.25) is 0 Å². The van der Waals surface area contributed by atoms with Crippen LogP contribution in [0.5, 0.6) is 0 Å². The highest BCUT2D eigenvalue weighted by molar-refractivity contribution is 5.82. The quantitative estimate of drug-likeness (QED) is 0.826. The van der Waals surface area contributed by atoms with Crippen LogP contribution in [0.1, 0.15) is 38.2 Å². The van der Waals surface area contributed by atoms with E-state index in [4.69, 9.17) is 0 Å². The van der Waals surface area contributed by atoms with Crippen molar-refractivity contribution in [3.8, 4) is 0 Å². The van der Waals surface area contributed by atoms with Gasteiger partial charge in [-0.2, -0.15) is 0 Å². The maximum Gasteiger partial charge on any atom is 0.0205 e. The molecule has 2 aromatic rings. The summed E-state index contributed by atoms with van der Waals surface area (Å²) in [6, 6.07) is 15.4. The van der Waals surface area contributed by atoms with Crippen LogP contribution in [0.15, 0.2) is 42.5 Å². The second kappa shape index (κ2) is 5.34. The first kappa shape index (κ1) is 12.7. The van der Waals surface area contributed by atoms with Crippen LogP contribution in [0.3, 0.4) is 0 Å². The highest BCUT2D eigenvalue weighted by atomic mass is 14.9. The lowest BCUT2D eigenvalue weighted by Gasteiger charge is -2.41. The van der Waals surface area contributed by atoms with Crippen molar-refractivity contribution >= 4 is 10.8 Å². The second-order valence-corrected chi connectivity index (χ2v) is 5.99. The third kappa shape index (κ3) is 2.66. The lowest BCUT2D eigenvalue weighted by atomic mass is 9.67. The number of rotatable bonds is 5. The molecule has 0 heterocycles. The van der Waals surface area contributed by atoms with Gasteiger partial charge in [0.25, 0.3) is 0 Å². The van der Waals surface area contributed by atoms with E-state index in [2.05, 4.69) is 54.7 Å². The topological polar surface area (TPSA) is 12.0 Å². The van der Waals surface area contributed by atoms with Crippen LogP contribution in [0.4, 0.5) is 0 Å². The maximum atomic E-state index is 3.66. The molecule has 0 radical (unpaired) electrons. The van der Waals surface area contributed by atoms with E-state index in [-0.39, 0.29) is 0 Å². The van der Waals surface area contributed by atoms with E-state index in [0.717, 1.165) is 6.54 Å². The molecule has 1 saturated carbocycles. The number of nitrogens with one attached hydrogen (secondary N) is 1. The van der Waals surface area contributed by atoms with Crippen molar-refractivity contribution in [1.82, 2.24) is 5.32 Å². The Morgan fingerprint density at radius 3 is 2.53 bits per heavy atom. The van der Waals surface area contributed by atoms with Gasteiger partial charge in [-0.05, 0) is 47.1 Å². The summed E-state index contributed by atoms with van der Waals surface area (Å²) in [5.74, 6) is 0. The SMILES string of the molecule is CCC1(CNCc2ccc3ccccc3c2)CCC1. The van der Waals surface area contributed by atoms with Gasteiger partial charge in [0.15, 0.2) is 0 Å². The van der Waals surface area contributed by atoms with Gasteiger partial charge in [0, 0.05) is 13.1 Å². The zero-order valence-corrected chi connectivity index (χ0v) is 11.8. The summed E-state index contributed by atoms with van der Waals surface area (Å²) in [6.45, 7) is 4.50. The molecule has 1 aliphatic rings. The average Bonchev–Trinajstić information content (AvgIpc) is 2.42. The van der Waals surface area contributed by atoms with Crippen LogP contribution >= 0.6 is 0 Å². The van der Waals surface area contributed by atoms with Crippen LogP contribution in [0.25, 0.3) is 10.8 Å². The van der Waals surface area contributed by atoms with Crippen molar-refractivity contribution < 1.29 is 0 Å². The highest BCUT2D eigenvalue weighted by Gasteiger charge is 2.34. The number of fused-ring (bicyclic) bond motifs is 1. The minimum atomic E-state index is 0.608. The Balaban J connectivity index is 1.62. The summed E-state index contributed by atoms with van der Waals surface area (Å²) in [6.07, 6.45) is 5.56. The van der Waals surface area contributed by atoms with E-state index in [9.17, 15) is 0 Å². The van der Waals surface area contributed by atoms with Crippen molar-refractivity contribution in [2.24, 2.45) is 5.41 Å². The number of hydrogen-bond acceptors (Lipinski definition) is 1. The monoisotopic (exact) mass is 253 g/mol. The summed E-state index contributed by atoms with van der Waals surface area (Å²) in [5.41, 5.74) is 2.00. The largest absolute Gasteiger partial charge is 0.312 e. The Morgan fingerprint density at radius 2 is 1.84 bits per heavy atom. The molecule has 2 aromatic carbocycles. The Labute approximate surface area is 116 Å². The molecule has 0 atom stereocenters. The minimum Gasteiger partial charge on any atom is -0.312 e. The minimum absolute atomic E-state index is 0.608. The summed E-state index contributed by atoms with van der Waals surface area (Å²) >= 11 is 0. The summed E-state index contributed by atoms with van der Waals surface area (Å²) in [5, 5.41) is 6.33. The van der Waals surface area contributed by atoms with Gasteiger partial charge >= 0.3 is 0 Å². The van der Waals surface area contributed by atoms with E-state index >= 15 is 0 Å². The van der Waals surface area contributed by atoms with Crippen LogP contribution < -0.4 is 5.32 Å². The second-order valence-electron chi connectivity index (χ2n) is 5.99. The van der Waals surface area contributed by atoms with Crippen molar-refractivity contribution in [3.05, 3.63) is 48.0 Å². The molecular weight excluding hydrogens is 230 g/mol. The Morgan fingerprint density at radius 1 is 1.05 bits per heavy atom. The smallest absolute Gasteiger partial charge is 0.0205 e.